The lowest BCUT2D eigenvalue weighted by molar-refractivity contribution is -0.120. The Morgan fingerprint density at radius 3 is 2.78 bits per heavy atom. The number of rotatable bonds is 4. The minimum Gasteiger partial charge on any atom is -0.350 e. The molecule has 1 amide bonds. The number of imidazole rings is 1. The maximum atomic E-state index is 12.0. The minimum absolute atomic E-state index is 0.0396. The van der Waals surface area contributed by atoms with Gasteiger partial charge in [-0.25, -0.2) is 4.98 Å². The molecule has 118 valence electrons. The second-order valence-corrected chi connectivity index (χ2v) is 6.74. The topological polar surface area (TPSA) is 46.4 Å². The molecule has 0 bridgehead atoms. The molecule has 2 aromatic heterocycles. The number of halogens is 2. The number of hydrogen-bond acceptors (Lipinski definition) is 2. The summed E-state index contributed by atoms with van der Waals surface area (Å²) in [7, 11) is 0. The van der Waals surface area contributed by atoms with Crippen molar-refractivity contribution in [2.45, 2.75) is 19.9 Å². The van der Waals surface area contributed by atoms with E-state index in [4.69, 9.17) is 11.6 Å². The van der Waals surface area contributed by atoms with E-state index >= 15 is 0 Å². The first kappa shape index (κ1) is 16.0. The maximum absolute atomic E-state index is 12.0. The van der Waals surface area contributed by atoms with Crippen molar-refractivity contribution in [1.29, 1.82) is 0 Å². The van der Waals surface area contributed by atoms with Gasteiger partial charge in [0, 0.05) is 21.9 Å². The number of benzene rings is 1. The zero-order valence-electron chi connectivity index (χ0n) is 12.5. The van der Waals surface area contributed by atoms with Crippen LogP contribution in [0.15, 0.2) is 47.2 Å². The lowest BCUT2D eigenvalue weighted by Crippen LogP contribution is -2.24. The van der Waals surface area contributed by atoms with E-state index in [1.807, 2.05) is 41.9 Å². The average molecular weight is 393 g/mol. The normalized spacial score (nSPS) is 10.9. The number of hydrogen-bond donors (Lipinski definition) is 1. The molecule has 0 aliphatic rings. The van der Waals surface area contributed by atoms with Gasteiger partial charge in [0.25, 0.3) is 0 Å². The largest absolute Gasteiger partial charge is 0.350 e. The van der Waals surface area contributed by atoms with Gasteiger partial charge in [-0.05, 0) is 52.2 Å². The lowest BCUT2D eigenvalue weighted by atomic mass is 10.1. The summed E-state index contributed by atoms with van der Waals surface area (Å²) in [6.45, 7) is 2.42. The number of nitrogens with zero attached hydrogens (tertiary/aromatic N) is 2. The van der Waals surface area contributed by atoms with Gasteiger partial charge in [-0.1, -0.05) is 23.7 Å². The van der Waals surface area contributed by atoms with Gasteiger partial charge in [-0.3, -0.25) is 4.79 Å². The van der Waals surface area contributed by atoms with Gasteiger partial charge in [0.2, 0.25) is 5.91 Å². The molecule has 4 nitrogen and oxygen atoms in total. The van der Waals surface area contributed by atoms with Crippen LogP contribution in [0.3, 0.4) is 0 Å². The number of aromatic nitrogens is 2. The molecular weight excluding hydrogens is 378 g/mol. The van der Waals surface area contributed by atoms with Crippen LogP contribution in [-0.2, 0) is 17.8 Å². The van der Waals surface area contributed by atoms with Crippen molar-refractivity contribution in [3.05, 3.63) is 69.0 Å². The van der Waals surface area contributed by atoms with Crippen molar-refractivity contribution in [3.63, 3.8) is 0 Å². The minimum atomic E-state index is -0.0396. The number of carbonyl (C=O) groups is 1. The molecule has 0 spiro atoms. The van der Waals surface area contributed by atoms with E-state index in [1.54, 1.807) is 12.1 Å². The van der Waals surface area contributed by atoms with Gasteiger partial charge in [-0.15, -0.1) is 0 Å². The SMILES string of the molecule is Cc1cc(Br)cn2cc(CNC(=O)Cc3ccc(Cl)cc3)nc12. The first-order chi connectivity index (χ1) is 11.0. The summed E-state index contributed by atoms with van der Waals surface area (Å²) in [6, 6.07) is 9.30. The van der Waals surface area contributed by atoms with Gasteiger partial charge in [-0.2, -0.15) is 0 Å². The second-order valence-electron chi connectivity index (χ2n) is 5.38. The van der Waals surface area contributed by atoms with Crippen LogP contribution in [0, 0.1) is 6.92 Å². The second kappa shape index (κ2) is 6.72. The molecule has 3 aromatic rings. The number of nitrogens with one attached hydrogen (secondary N) is 1. The van der Waals surface area contributed by atoms with Crippen LogP contribution in [0.5, 0.6) is 0 Å². The van der Waals surface area contributed by atoms with Crippen LogP contribution in [0.1, 0.15) is 16.8 Å². The highest BCUT2D eigenvalue weighted by Crippen LogP contribution is 2.17. The fourth-order valence-corrected chi connectivity index (χ4v) is 3.09. The molecule has 1 aromatic carbocycles. The van der Waals surface area contributed by atoms with Gasteiger partial charge >= 0.3 is 0 Å². The van der Waals surface area contributed by atoms with Gasteiger partial charge in [0.15, 0.2) is 0 Å². The molecule has 2 heterocycles. The number of aryl methyl sites for hydroxylation is 1. The van der Waals surface area contributed by atoms with Gasteiger partial charge < -0.3 is 9.72 Å². The van der Waals surface area contributed by atoms with E-state index in [2.05, 4.69) is 26.2 Å². The molecular formula is C17H15BrClN3O. The first-order valence-electron chi connectivity index (χ1n) is 7.16. The summed E-state index contributed by atoms with van der Waals surface area (Å²) < 4.78 is 2.96. The van der Waals surface area contributed by atoms with Gasteiger partial charge in [0.05, 0.1) is 18.7 Å². The van der Waals surface area contributed by atoms with Crippen molar-refractivity contribution in [1.82, 2.24) is 14.7 Å². The van der Waals surface area contributed by atoms with Crippen LogP contribution in [0.4, 0.5) is 0 Å². The molecule has 0 radical (unpaired) electrons. The summed E-state index contributed by atoms with van der Waals surface area (Å²) in [6.07, 6.45) is 4.21. The molecule has 1 N–H and O–H groups in total. The predicted octanol–water partition coefficient (Wildman–Crippen LogP) is 3.92. The Bertz CT molecular complexity index is 858. The number of carbonyl (C=O) groups excluding carboxylic acids is 1. The van der Waals surface area contributed by atoms with E-state index in [-0.39, 0.29) is 5.91 Å². The fourth-order valence-electron chi connectivity index (χ4n) is 2.40. The summed E-state index contributed by atoms with van der Waals surface area (Å²) in [5.41, 5.74) is 3.74. The number of amides is 1. The lowest BCUT2D eigenvalue weighted by Gasteiger charge is -2.03. The molecule has 0 saturated heterocycles. The average Bonchev–Trinajstić information content (AvgIpc) is 2.91. The van der Waals surface area contributed by atoms with E-state index in [0.717, 1.165) is 26.9 Å². The molecule has 0 unspecified atom stereocenters. The smallest absolute Gasteiger partial charge is 0.224 e. The molecule has 0 aliphatic heterocycles. The van der Waals surface area contributed by atoms with Gasteiger partial charge in [0.1, 0.15) is 5.65 Å². The Morgan fingerprint density at radius 2 is 2.04 bits per heavy atom. The zero-order valence-corrected chi connectivity index (χ0v) is 14.9. The third-order valence-electron chi connectivity index (χ3n) is 3.50. The summed E-state index contributed by atoms with van der Waals surface area (Å²) in [5, 5.41) is 3.56. The Balaban J connectivity index is 1.64. The molecule has 6 heteroatoms. The Labute approximate surface area is 147 Å². The van der Waals surface area contributed by atoms with Crippen LogP contribution in [0.25, 0.3) is 5.65 Å². The molecule has 0 saturated carbocycles. The van der Waals surface area contributed by atoms with Crippen molar-refractivity contribution in [3.8, 4) is 0 Å². The Morgan fingerprint density at radius 1 is 1.30 bits per heavy atom. The zero-order chi connectivity index (χ0) is 16.4. The monoisotopic (exact) mass is 391 g/mol. The van der Waals surface area contributed by atoms with E-state index < -0.39 is 0 Å². The van der Waals surface area contributed by atoms with E-state index in [9.17, 15) is 4.79 Å². The van der Waals surface area contributed by atoms with Crippen LogP contribution >= 0.6 is 27.5 Å². The molecule has 0 atom stereocenters. The van der Waals surface area contributed by atoms with Crippen molar-refractivity contribution in [2.24, 2.45) is 0 Å². The first-order valence-corrected chi connectivity index (χ1v) is 8.33. The molecule has 3 rings (SSSR count). The highest BCUT2D eigenvalue weighted by atomic mass is 79.9. The molecule has 0 aliphatic carbocycles. The maximum Gasteiger partial charge on any atom is 0.224 e. The van der Waals surface area contributed by atoms with Crippen LogP contribution < -0.4 is 5.32 Å². The van der Waals surface area contributed by atoms with E-state index in [0.29, 0.717) is 18.0 Å². The van der Waals surface area contributed by atoms with E-state index in [1.165, 1.54) is 0 Å². The summed E-state index contributed by atoms with van der Waals surface area (Å²) >= 11 is 9.31. The number of pyridine rings is 1. The number of fused-ring (bicyclic) bond motifs is 1. The Kier molecular flexibility index (Phi) is 4.68. The van der Waals surface area contributed by atoms with Crippen molar-refractivity contribution >= 4 is 39.1 Å². The third-order valence-corrected chi connectivity index (χ3v) is 4.18. The fraction of sp³-hybridized carbons (Fsp3) is 0.176. The third kappa shape index (κ3) is 3.92. The summed E-state index contributed by atoms with van der Waals surface area (Å²) in [5.74, 6) is -0.0396. The summed E-state index contributed by atoms with van der Waals surface area (Å²) in [4.78, 5) is 16.6. The quantitative estimate of drug-likeness (QED) is 0.731. The van der Waals surface area contributed by atoms with Crippen molar-refractivity contribution in [2.75, 3.05) is 0 Å². The predicted molar refractivity (Wildman–Crippen MR) is 94.6 cm³/mol. The highest BCUT2D eigenvalue weighted by molar-refractivity contribution is 9.10. The molecule has 23 heavy (non-hydrogen) atoms. The highest BCUT2D eigenvalue weighted by Gasteiger charge is 2.08. The van der Waals surface area contributed by atoms with Crippen LogP contribution in [0.2, 0.25) is 5.02 Å². The molecule has 0 fully saturated rings. The van der Waals surface area contributed by atoms with Crippen LogP contribution in [-0.4, -0.2) is 15.3 Å². The standard InChI is InChI=1S/C17H15BrClN3O/c1-11-6-13(18)9-22-10-15(21-17(11)22)8-20-16(23)7-12-2-4-14(19)5-3-12/h2-6,9-10H,7-8H2,1H3,(H,20,23). The Hall–Kier alpha value is -1.85. The van der Waals surface area contributed by atoms with Crippen molar-refractivity contribution < 1.29 is 4.79 Å².